The normalized spacial score (nSPS) is 11.9. The molecule has 0 bridgehead atoms. The molecule has 0 saturated carbocycles. The highest BCUT2D eigenvalue weighted by molar-refractivity contribution is 5.85. The van der Waals surface area contributed by atoms with E-state index in [9.17, 15) is 0 Å². The number of nitrogens with zero attached hydrogens (tertiary/aromatic N) is 1. The van der Waals surface area contributed by atoms with Gasteiger partial charge in [0.05, 0.1) is 13.7 Å². The van der Waals surface area contributed by atoms with Gasteiger partial charge in [-0.25, -0.2) is 0 Å². The summed E-state index contributed by atoms with van der Waals surface area (Å²) in [6.07, 6.45) is 3.94. The molecule has 0 heterocycles. The van der Waals surface area contributed by atoms with E-state index >= 15 is 0 Å². The molecule has 2 nitrogen and oxygen atoms in total. The summed E-state index contributed by atoms with van der Waals surface area (Å²) in [5.74, 6) is 6.28. The molecule has 0 amide bonds. The molecule has 2 aromatic carbocycles. The van der Waals surface area contributed by atoms with Gasteiger partial charge in [0, 0.05) is 12.0 Å². The lowest BCUT2D eigenvalue weighted by Gasteiger charge is -2.18. The standard InChI is InChI=1S/C21H25NO/c1-21(2,3)15-8-5-9-16-22(23-4)17-19-13-10-12-18-11-6-7-14-20(18)19/h5-7,9-14H,16-17H2,1-4H3. The molecule has 0 unspecified atom stereocenters. The van der Waals surface area contributed by atoms with E-state index in [2.05, 4.69) is 75.1 Å². The third-order valence-corrected chi connectivity index (χ3v) is 3.44. The van der Waals surface area contributed by atoms with Gasteiger partial charge in [0.25, 0.3) is 0 Å². The minimum absolute atomic E-state index is 0.0359. The number of fused-ring (bicyclic) bond motifs is 1. The van der Waals surface area contributed by atoms with Gasteiger partial charge in [-0.1, -0.05) is 60.4 Å². The van der Waals surface area contributed by atoms with Gasteiger partial charge < -0.3 is 4.84 Å². The summed E-state index contributed by atoms with van der Waals surface area (Å²) < 4.78 is 0. The molecule has 0 atom stereocenters. The summed E-state index contributed by atoms with van der Waals surface area (Å²) >= 11 is 0. The summed E-state index contributed by atoms with van der Waals surface area (Å²) in [6.45, 7) is 7.77. The fourth-order valence-electron chi connectivity index (χ4n) is 2.31. The topological polar surface area (TPSA) is 12.5 Å². The Morgan fingerprint density at radius 1 is 1.09 bits per heavy atom. The molecule has 0 aliphatic rings. The monoisotopic (exact) mass is 307 g/mol. The lowest BCUT2D eigenvalue weighted by Crippen LogP contribution is -2.22. The molecule has 0 spiro atoms. The van der Waals surface area contributed by atoms with Crippen molar-refractivity contribution in [2.75, 3.05) is 13.7 Å². The van der Waals surface area contributed by atoms with Crippen molar-refractivity contribution in [2.45, 2.75) is 27.3 Å². The summed E-state index contributed by atoms with van der Waals surface area (Å²) in [6, 6.07) is 14.8. The highest BCUT2D eigenvalue weighted by Crippen LogP contribution is 2.20. The number of allylic oxidation sites excluding steroid dienone is 1. The van der Waals surface area contributed by atoms with Gasteiger partial charge in [-0.05, 0) is 43.2 Å². The SMILES string of the molecule is CON(CC=CC#CC(C)(C)C)Cc1cccc2ccccc12. The molecule has 0 aliphatic heterocycles. The largest absolute Gasteiger partial charge is 0.302 e. The van der Waals surface area contributed by atoms with E-state index in [1.807, 2.05) is 17.2 Å². The second-order valence-electron chi connectivity index (χ2n) is 6.57. The summed E-state index contributed by atoms with van der Waals surface area (Å²) in [5, 5.41) is 4.46. The lowest BCUT2D eigenvalue weighted by molar-refractivity contribution is -0.129. The van der Waals surface area contributed by atoms with Crippen molar-refractivity contribution in [3.05, 3.63) is 60.2 Å². The molecule has 120 valence electrons. The molecule has 0 saturated heterocycles. The van der Waals surface area contributed by atoms with Gasteiger partial charge in [-0.15, -0.1) is 0 Å². The Morgan fingerprint density at radius 3 is 2.57 bits per heavy atom. The van der Waals surface area contributed by atoms with Crippen molar-refractivity contribution in [3.63, 3.8) is 0 Å². The van der Waals surface area contributed by atoms with Crippen LogP contribution in [0.3, 0.4) is 0 Å². The quantitative estimate of drug-likeness (QED) is 0.580. The summed E-state index contributed by atoms with van der Waals surface area (Å²) in [7, 11) is 1.71. The molecule has 2 heteroatoms. The van der Waals surface area contributed by atoms with Crippen molar-refractivity contribution in [1.82, 2.24) is 5.06 Å². The van der Waals surface area contributed by atoms with Crippen LogP contribution in [0.5, 0.6) is 0 Å². The van der Waals surface area contributed by atoms with Crippen molar-refractivity contribution in [3.8, 4) is 11.8 Å². The minimum atomic E-state index is 0.0359. The molecule has 0 aliphatic carbocycles. The zero-order chi connectivity index (χ0) is 16.7. The van der Waals surface area contributed by atoms with E-state index in [1.165, 1.54) is 16.3 Å². The van der Waals surface area contributed by atoms with Gasteiger partial charge in [0.2, 0.25) is 0 Å². The minimum Gasteiger partial charge on any atom is -0.302 e. The van der Waals surface area contributed by atoms with E-state index in [1.54, 1.807) is 7.11 Å². The highest BCUT2D eigenvalue weighted by Gasteiger charge is 2.06. The van der Waals surface area contributed by atoms with E-state index in [4.69, 9.17) is 4.84 Å². The Labute approximate surface area is 139 Å². The Bertz CT molecular complexity index is 723. The highest BCUT2D eigenvalue weighted by atomic mass is 16.7. The van der Waals surface area contributed by atoms with Crippen LogP contribution in [0, 0.1) is 17.3 Å². The molecule has 0 radical (unpaired) electrons. The van der Waals surface area contributed by atoms with E-state index in [0.717, 1.165) is 6.54 Å². The molecule has 23 heavy (non-hydrogen) atoms. The predicted octanol–water partition coefficient (Wildman–Crippen LogP) is 4.81. The Balaban J connectivity index is 2.04. The fourth-order valence-corrected chi connectivity index (χ4v) is 2.31. The maximum absolute atomic E-state index is 5.48. The fraction of sp³-hybridized carbons (Fsp3) is 0.333. The molecule has 0 aromatic heterocycles. The van der Waals surface area contributed by atoms with Crippen LogP contribution in [-0.2, 0) is 11.4 Å². The van der Waals surface area contributed by atoms with Gasteiger partial charge in [0.1, 0.15) is 0 Å². The van der Waals surface area contributed by atoms with Crippen LogP contribution in [0.4, 0.5) is 0 Å². The van der Waals surface area contributed by atoms with Crippen LogP contribution in [0.15, 0.2) is 54.6 Å². The number of hydrogen-bond donors (Lipinski definition) is 0. The van der Waals surface area contributed by atoms with Crippen LogP contribution >= 0.6 is 0 Å². The van der Waals surface area contributed by atoms with Crippen LogP contribution < -0.4 is 0 Å². The first-order chi connectivity index (χ1) is 11.0. The molecular weight excluding hydrogens is 282 g/mol. The maximum atomic E-state index is 5.48. The third-order valence-electron chi connectivity index (χ3n) is 3.44. The molecule has 0 N–H and O–H groups in total. The van der Waals surface area contributed by atoms with Crippen molar-refractivity contribution < 1.29 is 4.84 Å². The van der Waals surface area contributed by atoms with Gasteiger partial charge in [-0.2, -0.15) is 5.06 Å². The number of hydroxylamine groups is 2. The van der Waals surface area contributed by atoms with E-state index < -0.39 is 0 Å². The molecule has 2 rings (SSSR count). The van der Waals surface area contributed by atoms with Crippen molar-refractivity contribution >= 4 is 10.8 Å². The number of rotatable bonds is 5. The Kier molecular flexibility index (Phi) is 5.98. The van der Waals surface area contributed by atoms with Crippen molar-refractivity contribution in [2.24, 2.45) is 5.41 Å². The Morgan fingerprint density at radius 2 is 1.83 bits per heavy atom. The van der Waals surface area contributed by atoms with Gasteiger partial charge >= 0.3 is 0 Å². The molecule has 0 fully saturated rings. The zero-order valence-electron chi connectivity index (χ0n) is 14.5. The smallest absolute Gasteiger partial charge is 0.0575 e. The van der Waals surface area contributed by atoms with Gasteiger partial charge in [0.15, 0.2) is 0 Å². The second kappa shape index (κ2) is 7.97. The number of benzene rings is 2. The van der Waals surface area contributed by atoms with Crippen LogP contribution in [-0.4, -0.2) is 18.7 Å². The van der Waals surface area contributed by atoms with Gasteiger partial charge in [-0.3, -0.25) is 0 Å². The van der Waals surface area contributed by atoms with E-state index in [-0.39, 0.29) is 5.41 Å². The predicted molar refractivity (Wildman–Crippen MR) is 97.7 cm³/mol. The first-order valence-corrected chi connectivity index (χ1v) is 7.93. The Hall–Kier alpha value is -2.08. The van der Waals surface area contributed by atoms with Crippen molar-refractivity contribution in [1.29, 1.82) is 0 Å². The van der Waals surface area contributed by atoms with E-state index in [0.29, 0.717) is 6.54 Å². The second-order valence-corrected chi connectivity index (χ2v) is 6.57. The molecule has 2 aromatic rings. The average Bonchev–Trinajstić information content (AvgIpc) is 2.52. The lowest BCUT2D eigenvalue weighted by atomic mass is 9.98. The van der Waals surface area contributed by atoms with Crippen LogP contribution in [0.25, 0.3) is 10.8 Å². The van der Waals surface area contributed by atoms with Crippen LogP contribution in [0.2, 0.25) is 0 Å². The van der Waals surface area contributed by atoms with Crippen LogP contribution in [0.1, 0.15) is 26.3 Å². The maximum Gasteiger partial charge on any atom is 0.0575 e. The number of hydrogen-bond acceptors (Lipinski definition) is 2. The average molecular weight is 307 g/mol. The zero-order valence-corrected chi connectivity index (χ0v) is 14.5. The first kappa shape index (κ1) is 17.3. The third kappa shape index (κ3) is 5.56. The summed E-state index contributed by atoms with van der Waals surface area (Å²) in [4.78, 5) is 5.48. The first-order valence-electron chi connectivity index (χ1n) is 7.93. The molecular formula is C21H25NO. The summed E-state index contributed by atoms with van der Waals surface area (Å²) in [5.41, 5.74) is 1.30.